The quantitative estimate of drug-likeness (QED) is 0.309. The van der Waals surface area contributed by atoms with Crippen LogP contribution in [0.3, 0.4) is 0 Å². The van der Waals surface area contributed by atoms with Crippen molar-refractivity contribution >= 4 is 17.3 Å². The molecule has 1 heterocycles. The molecule has 0 bridgehead atoms. The van der Waals surface area contributed by atoms with Gasteiger partial charge in [-0.1, -0.05) is 72.3 Å². The maximum Gasteiger partial charge on any atom is 0.416 e. The minimum atomic E-state index is -4.49. The number of hydrogen-bond acceptors (Lipinski definition) is 2. The van der Waals surface area contributed by atoms with E-state index in [2.05, 4.69) is 0 Å². The van der Waals surface area contributed by atoms with E-state index in [1.807, 2.05) is 78.6 Å². The van der Waals surface area contributed by atoms with Crippen LogP contribution < -0.4 is 9.80 Å². The predicted octanol–water partition coefficient (Wildman–Crippen LogP) is 7.38. The Morgan fingerprint density at radius 3 is 2.20 bits per heavy atom. The largest absolute Gasteiger partial charge is 0.416 e. The third kappa shape index (κ3) is 4.39. The molecule has 4 aromatic carbocycles. The first-order chi connectivity index (χ1) is 16.8. The molecule has 1 amide bonds. The van der Waals surface area contributed by atoms with E-state index in [4.69, 9.17) is 0 Å². The number of anilines is 2. The molecule has 1 atom stereocenters. The molecule has 35 heavy (non-hydrogen) atoms. The third-order valence-corrected chi connectivity index (χ3v) is 6.22. The highest BCUT2D eigenvalue weighted by Gasteiger charge is 2.40. The fourth-order valence-electron chi connectivity index (χ4n) is 4.54. The lowest BCUT2D eigenvalue weighted by atomic mass is 9.98. The van der Waals surface area contributed by atoms with Gasteiger partial charge in [-0.05, 0) is 54.4 Å². The number of carbonyl (C=O) groups is 1. The summed E-state index contributed by atoms with van der Waals surface area (Å²) in [6.45, 7) is 2.36. The van der Waals surface area contributed by atoms with E-state index in [9.17, 15) is 18.0 Å². The molecule has 0 N–H and O–H groups in total. The molecule has 176 valence electrons. The smallest absolute Gasteiger partial charge is 0.342 e. The fraction of sp³-hybridized carbons (Fsp3) is 0.138. The molecule has 0 aliphatic carbocycles. The lowest BCUT2D eigenvalue weighted by Crippen LogP contribution is -2.49. The Morgan fingerprint density at radius 1 is 0.800 bits per heavy atom. The average molecular weight is 473 g/mol. The van der Waals surface area contributed by atoms with Gasteiger partial charge in [-0.3, -0.25) is 9.69 Å². The molecule has 0 fully saturated rings. The van der Waals surface area contributed by atoms with E-state index in [0.29, 0.717) is 29.0 Å². The fourth-order valence-corrected chi connectivity index (χ4v) is 4.54. The topological polar surface area (TPSA) is 23.6 Å². The highest BCUT2D eigenvalue weighted by Crippen LogP contribution is 2.43. The van der Waals surface area contributed by atoms with Gasteiger partial charge in [0.1, 0.15) is 6.17 Å². The summed E-state index contributed by atoms with van der Waals surface area (Å²) in [5.41, 5.74) is 3.46. The van der Waals surface area contributed by atoms with Crippen LogP contribution >= 0.6 is 0 Å². The van der Waals surface area contributed by atoms with E-state index < -0.39 is 17.9 Å². The molecule has 0 saturated heterocycles. The normalized spacial score (nSPS) is 15.8. The molecule has 0 radical (unpaired) electrons. The average Bonchev–Trinajstić information content (AvgIpc) is 2.86. The number of benzene rings is 4. The number of fused-ring (bicyclic) bond motifs is 1. The molecule has 5 rings (SSSR count). The van der Waals surface area contributed by atoms with Crippen LogP contribution in [0.4, 0.5) is 24.5 Å². The molecule has 3 nitrogen and oxygen atoms in total. The van der Waals surface area contributed by atoms with Gasteiger partial charge in [0.2, 0.25) is 0 Å². The van der Waals surface area contributed by atoms with Crippen molar-refractivity contribution in [3.05, 3.63) is 131 Å². The van der Waals surface area contributed by atoms with Gasteiger partial charge in [0, 0.05) is 12.2 Å². The van der Waals surface area contributed by atoms with Crippen LogP contribution in [0, 0.1) is 6.92 Å². The van der Waals surface area contributed by atoms with Crippen LogP contribution in [0.2, 0.25) is 0 Å². The van der Waals surface area contributed by atoms with E-state index in [1.54, 1.807) is 23.1 Å². The summed E-state index contributed by atoms with van der Waals surface area (Å²) in [7, 11) is 0. The van der Waals surface area contributed by atoms with Gasteiger partial charge in [-0.2, -0.15) is 13.2 Å². The minimum absolute atomic E-state index is 0.254. The Morgan fingerprint density at radius 2 is 1.49 bits per heavy atom. The Labute approximate surface area is 202 Å². The van der Waals surface area contributed by atoms with Gasteiger partial charge < -0.3 is 4.90 Å². The number of nitrogens with zero attached hydrogens (tertiary/aromatic N) is 2. The van der Waals surface area contributed by atoms with Crippen molar-refractivity contribution < 1.29 is 18.0 Å². The predicted molar refractivity (Wildman–Crippen MR) is 131 cm³/mol. The Kier molecular flexibility index (Phi) is 5.81. The highest BCUT2D eigenvalue weighted by molar-refractivity contribution is 6.12. The summed E-state index contributed by atoms with van der Waals surface area (Å²) in [5.74, 6) is -0.254. The standard InChI is InChI=1S/C29H23F3N2O/c1-20-14-16-24(17-15-20)34-27(22-10-7-11-23(18-22)29(30,31)32)33(19-21-8-3-2-4-9-21)26-13-6-5-12-25(26)28(34)35/h2-18,27H,19H2,1H3/t27-/m0/s1. The number of alkyl halides is 3. The third-order valence-electron chi connectivity index (χ3n) is 6.22. The maximum atomic E-state index is 13.8. The molecule has 0 aromatic heterocycles. The lowest BCUT2D eigenvalue weighted by Gasteiger charge is -2.46. The summed E-state index contributed by atoms with van der Waals surface area (Å²) in [5, 5.41) is 0. The second kappa shape index (κ2) is 8.95. The number of halogens is 3. The number of amides is 1. The minimum Gasteiger partial charge on any atom is -0.342 e. The maximum absolute atomic E-state index is 13.8. The highest BCUT2D eigenvalue weighted by atomic mass is 19.4. The van der Waals surface area contributed by atoms with Gasteiger partial charge in [0.25, 0.3) is 5.91 Å². The molecular weight excluding hydrogens is 449 g/mol. The zero-order chi connectivity index (χ0) is 24.6. The van der Waals surface area contributed by atoms with Crippen molar-refractivity contribution in [1.82, 2.24) is 0 Å². The van der Waals surface area contributed by atoms with Crippen molar-refractivity contribution in [3.8, 4) is 0 Å². The van der Waals surface area contributed by atoms with Crippen LogP contribution in [0.5, 0.6) is 0 Å². The molecule has 0 saturated carbocycles. The Balaban J connectivity index is 1.74. The monoisotopic (exact) mass is 472 g/mol. The number of para-hydroxylation sites is 1. The lowest BCUT2D eigenvalue weighted by molar-refractivity contribution is -0.137. The molecule has 1 aliphatic heterocycles. The summed E-state index contributed by atoms with van der Waals surface area (Å²) in [4.78, 5) is 17.4. The number of aryl methyl sites for hydroxylation is 1. The van der Waals surface area contributed by atoms with Crippen molar-refractivity contribution in [2.45, 2.75) is 25.8 Å². The van der Waals surface area contributed by atoms with Crippen molar-refractivity contribution in [3.63, 3.8) is 0 Å². The molecule has 4 aromatic rings. The first-order valence-electron chi connectivity index (χ1n) is 11.3. The van der Waals surface area contributed by atoms with Crippen LogP contribution in [0.25, 0.3) is 0 Å². The van der Waals surface area contributed by atoms with Gasteiger partial charge >= 0.3 is 6.18 Å². The van der Waals surface area contributed by atoms with Gasteiger partial charge in [0.15, 0.2) is 0 Å². The first-order valence-corrected chi connectivity index (χ1v) is 11.3. The summed E-state index contributed by atoms with van der Waals surface area (Å²) >= 11 is 0. The van der Waals surface area contributed by atoms with Gasteiger partial charge in [-0.15, -0.1) is 0 Å². The van der Waals surface area contributed by atoms with Crippen molar-refractivity contribution in [2.24, 2.45) is 0 Å². The van der Waals surface area contributed by atoms with E-state index >= 15 is 0 Å². The molecule has 0 unspecified atom stereocenters. The zero-order valence-corrected chi connectivity index (χ0v) is 19.0. The SMILES string of the molecule is Cc1ccc(N2C(=O)c3ccccc3N(Cc3ccccc3)[C@@H]2c2cccc(C(F)(F)F)c2)cc1. The van der Waals surface area contributed by atoms with Gasteiger partial charge in [-0.25, -0.2) is 0 Å². The van der Waals surface area contributed by atoms with Crippen molar-refractivity contribution in [2.75, 3.05) is 9.80 Å². The first kappa shape index (κ1) is 22.7. The summed E-state index contributed by atoms with van der Waals surface area (Å²) in [6, 6.07) is 29.7. The zero-order valence-electron chi connectivity index (χ0n) is 19.0. The Hall–Kier alpha value is -4.06. The van der Waals surface area contributed by atoms with Crippen LogP contribution in [0.1, 0.15) is 38.8 Å². The molecule has 1 aliphatic rings. The second-order valence-corrected chi connectivity index (χ2v) is 8.64. The van der Waals surface area contributed by atoms with Gasteiger partial charge in [0.05, 0.1) is 16.8 Å². The van der Waals surface area contributed by atoms with E-state index in [-0.39, 0.29) is 5.91 Å². The van der Waals surface area contributed by atoms with Crippen LogP contribution in [0.15, 0.2) is 103 Å². The van der Waals surface area contributed by atoms with E-state index in [0.717, 1.165) is 23.3 Å². The summed E-state index contributed by atoms with van der Waals surface area (Å²) in [6.07, 6.45) is -5.27. The number of carbonyl (C=O) groups excluding carboxylic acids is 1. The van der Waals surface area contributed by atoms with Crippen LogP contribution in [-0.4, -0.2) is 5.91 Å². The van der Waals surface area contributed by atoms with E-state index in [1.165, 1.54) is 6.07 Å². The number of rotatable bonds is 4. The molecular formula is C29H23F3N2O. The van der Waals surface area contributed by atoms with Crippen LogP contribution in [-0.2, 0) is 12.7 Å². The molecule has 0 spiro atoms. The Bertz CT molecular complexity index is 1350. The summed E-state index contributed by atoms with van der Waals surface area (Å²) < 4.78 is 41.0. The van der Waals surface area contributed by atoms with Crippen molar-refractivity contribution in [1.29, 1.82) is 0 Å². The second-order valence-electron chi connectivity index (χ2n) is 8.64. The number of hydrogen-bond donors (Lipinski definition) is 0. The molecule has 6 heteroatoms.